The normalized spacial score (nSPS) is 16.4. The minimum Gasteiger partial charge on any atom is -0.459 e. The molecule has 1 aliphatic carbocycles. The highest BCUT2D eigenvalue weighted by atomic mass is 19.1. The first-order chi connectivity index (χ1) is 9.57. The zero-order chi connectivity index (χ0) is 16.0. The smallest absolute Gasteiger partial charge is 0.317 e. The Bertz CT molecular complexity index is 595. The molecule has 2 rings (SSSR count). The first-order valence-corrected chi connectivity index (χ1v) is 6.44. The summed E-state index contributed by atoms with van der Waals surface area (Å²) in [5, 5.41) is 10.6. The Balaban J connectivity index is 2.42. The molecule has 1 aliphatic rings. The standard InChI is InChI=1S/C14H15F2NO4/c1-13(2,3)21-12(18)14(4-5-14)11-9(15)6-8(17(19)20)7-10(11)16/h6-7H,4-5H2,1-3H3. The highest BCUT2D eigenvalue weighted by Crippen LogP contribution is 2.52. The Hall–Kier alpha value is -2.05. The number of ether oxygens (including phenoxy) is 1. The number of nitro benzene ring substituents is 1. The Morgan fingerprint density at radius 3 is 2.10 bits per heavy atom. The number of non-ortho nitro benzene ring substituents is 1. The lowest BCUT2D eigenvalue weighted by Gasteiger charge is -2.24. The molecule has 5 nitrogen and oxygen atoms in total. The van der Waals surface area contributed by atoms with Gasteiger partial charge in [-0.2, -0.15) is 0 Å². The van der Waals surface area contributed by atoms with Gasteiger partial charge in [-0.25, -0.2) is 8.78 Å². The largest absolute Gasteiger partial charge is 0.459 e. The SMILES string of the molecule is CC(C)(C)OC(=O)C1(c2c(F)cc([N+](=O)[O-])cc2F)CC1. The molecule has 0 heterocycles. The quantitative estimate of drug-likeness (QED) is 0.488. The number of carbonyl (C=O) groups is 1. The molecular weight excluding hydrogens is 284 g/mol. The maximum atomic E-state index is 14.0. The van der Waals surface area contributed by atoms with Gasteiger partial charge in [-0.05, 0) is 33.6 Å². The molecule has 0 aromatic heterocycles. The molecule has 1 saturated carbocycles. The van der Waals surface area contributed by atoms with Crippen LogP contribution in [0.3, 0.4) is 0 Å². The fraction of sp³-hybridized carbons (Fsp3) is 0.500. The summed E-state index contributed by atoms with van der Waals surface area (Å²) in [6.45, 7) is 4.97. The van der Waals surface area contributed by atoms with Crippen LogP contribution in [0.15, 0.2) is 12.1 Å². The van der Waals surface area contributed by atoms with Gasteiger partial charge in [0.05, 0.1) is 22.5 Å². The Labute approximate surface area is 120 Å². The molecule has 0 unspecified atom stereocenters. The number of hydrogen-bond acceptors (Lipinski definition) is 4. The zero-order valence-electron chi connectivity index (χ0n) is 11.9. The van der Waals surface area contributed by atoms with Crippen LogP contribution >= 0.6 is 0 Å². The van der Waals surface area contributed by atoms with Crippen LogP contribution in [0, 0.1) is 21.7 Å². The van der Waals surface area contributed by atoms with Crippen LogP contribution in [0.25, 0.3) is 0 Å². The van der Waals surface area contributed by atoms with Crippen molar-refractivity contribution in [3.05, 3.63) is 39.4 Å². The first-order valence-electron chi connectivity index (χ1n) is 6.44. The summed E-state index contributed by atoms with van der Waals surface area (Å²) in [4.78, 5) is 21.9. The van der Waals surface area contributed by atoms with Gasteiger partial charge in [-0.3, -0.25) is 14.9 Å². The minimum atomic E-state index is -1.36. The second-order valence-electron chi connectivity index (χ2n) is 6.13. The number of nitrogens with zero attached hydrogens (tertiary/aromatic N) is 1. The lowest BCUT2D eigenvalue weighted by Crippen LogP contribution is -2.33. The van der Waals surface area contributed by atoms with E-state index in [-0.39, 0.29) is 12.8 Å². The molecule has 1 aromatic rings. The van der Waals surface area contributed by atoms with Crippen molar-refractivity contribution < 1.29 is 23.2 Å². The van der Waals surface area contributed by atoms with Gasteiger partial charge < -0.3 is 4.74 Å². The molecule has 1 aromatic carbocycles. The van der Waals surface area contributed by atoms with Gasteiger partial charge >= 0.3 is 5.97 Å². The van der Waals surface area contributed by atoms with E-state index < -0.39 is 44.8 Å². The molecule has 21 heavy (non-hydrogen) atoms. The van der Waals surface area contributed by atoms with Crippen molar-refractivity contribution in [1.82, 2.24) is 0 Å². The van der Waals surface area contributed by atoms with Crippen LogP contribution in [0.5, 0.6) is 0 Å². The van der Waals surface area contributed by atoms with Crippen molar-refractivity contribution in [2.24, 2.45) is 0 Å². The topological polar surface area (TPSA) is 69.4 Å². The number of nitro groups is 1. The van der Waals surface area contributed by atoms with Crippen LogP contribution in [0.2, 0.25) is 0 Å². The lowest BCUT2D eigenvalue weighted by molar-refractivity contribution is -0.385. The molecule has 0 radical (unpaired) electrons. The third-order valence-corrected chi connectivity index (χ3v) is 3.26. The summed E-state index contributed by atoms with van der Waals surface area (Å²) >= 11 is 0. The fourth-order valence-electron chi connectivity index (χ4n) is 2.18. The second kappa shape index (κ2) is 4.75. The maximum absolute atomic E-state index is 14.0. The van der Waals surface area contributed by atoms with Gasteiger partial charge in [0.2, 0.25) is 0 Å². The summed E-state index contributed by atoms with van der Waals surface area (Å²) in [7, 11) is 0. The van der Waals surface area contributed by atoms with Crippen molar-refractivity contribution in [1.29, 1.82) is 0 Å². The number of esters is 1. The molecular formula is C14H15F2NO4. The van der Waals surface area contributed by atoms with Gasteiger partial charge in [-0.1, -0.05) is 0 Å². The average molecular weight is 299 g/mol. The predicted molar refractivity (Wildman–Crippen MR) is 69.8 cm³/mol. The fourth-order valence-corrected chi connectivity index (χ4v) is 2.18. The molecule has 0 aliphatic heterocycles. The van der Waals surface area contributed by atoms with Gasteiger partial charge in [0.15, 0.2) is 0 Å². The van der Waals surface area contributed by atoms with Crippen molar-refractivity contribution in [2.45, 2.75) is 44.6 Å². The Kier molecular flexibility index (Phi) is 3.47. The van der Waals surface area contributed by atoms with Gasteiger partial charge in [0.25, 0.3) is 5.69 Å². The third-order valence-electron chi connectivity index (χ3n) is 3.26. The van der Waals surface area contributed by atoms with E-state index in [2.05, 4.69) is 0 Å². The van der Waals surface area contributed by atoms with Crippen LogP contribution < -0.4 is 0 Å². The molecule has 0 spiro atoms. The van der Waals surface area contributed by atoms with E-state index in [4.69, 9.17) is 4.74 Å². The summed E-state index contributed by atoms with van der Waals surface area (Å²) < 4.78 is 33.3. The second-order valence-corrected chi connectivity index (χ2v) is 6.13. The number of carbonyl (C=O) groups excluding carboxylic acids is 1. The highest BCUT2D eigenvalue weighted by Gasteiger charge is 2.56. The van der Waals surface area contributed by atoms with Crippen molar-refractivity contribution >= 4 is 11.7 Å². The summed E-state index contributed by atoms with van der Waals surface area (Å²) in [6.07, 6.45) is 0.515. The highest BCUT2D eigenvalue weighted by molar-refractivity contribution is 5.87. The molecule has 0 bridgehead atoms. The first kappa shape index (κ1) is 15.3. The van der Waals surface area contributed by atoms with E-state index >= 15 is 0 Å². The van der Waals surface area contributed by atoms with Crippen LogP contribution in [-0.4, -0.2) is 16.5 Å². The van der Waals surface area contributed by atoms with Gasteiger partial charge in [-0.15, -0.1) is 0 Å². The van der Waals surface area contributed by atoms with Crippen LogP contribution in [-0.2, 0) is 14.9 Å². The van der Waals surface area contributed by atoms with Gasteiger partial charge in [0, 0.05) is 5.56 Å². The average Bonchev–Trinajstić information content (AvgIpc) is 3.07. The number of hydrogen-bond donors (Lipinski definition) is 0. The summed E-state index contributed by atoms with van der Waals surface area (Å²) in [5.41, 5.74) is -3.27. The van der Waals surface area contributed by atoms with E-state index in [0.717, 1.165) is 0 Å². The monoisotopic (exact) mass is 299 g/mol. The molecule has 0 atom stereocenters. The lowest BCUT2D eigenvalue weighted by atomic mass is 9.94. The number of rotatable bonds is 3. The molecule has 0 N–H and O–H groups in total. The van der Waals surface area contributed by atoms with Crippen LogP contribution in [0.1, 0.15) is 39.2 Å². The molecule has 1 fully saturated rings. The van der Waals surface area contributed by atoms with E-state index in [0.29, 0.717) is 12.1 Å². The predicted octanol–water partition coefficient (Wildman–Crippen LogP) is 3.25. The molecule has 0 saturated heterocycles. The number of benzene rings is 1. The van der Waals surface area contributed by atoms with Crippen LogP contribution in [0.4, 0.5) is 14.5 Å². The van der Waals surface area contributed by atoms with E-state index in [1.807, 2.05) is 0 Å². The molecule has 7 heteroatoms. The van der Waals surface area contributed by atoms with Crippen molar-refractivity contribution in [3.8, 4) is 0 Å². The molecule has 114 valence electrons. The maximum Gasteiger partial charge on any atom is 0.317 e. The number of halogens is 2. The van der Waals surface area contributed by atoms with Crippen molar-refractivity contribution in [2.75, 3.05) is 0 Å². The Morgan fingerprint density at radius 2 is 1.76 bits per heavy atom. The Morgan fingerprint density at radius 1 is 1.29 bits per heavy atom. The zero-order valence-corrected chi connectivity index (χ0v) is 11.9. The minimum absolute atomic E-state index is 0.258. The van der Waals surface area contributed by atoms with Crippen molar-refractivity contribution in [3.63, 3.8) is 0 Å². The van der Waals surface area contributed by atoms with E-state index in [1.54, 1.807) is 20.8 Å². The van der Waals surface area contributed by atoms with E-state index in [9.17, 15) is 23.7 Å². The third kappa shape index (κ3) is 2.86. The molecule has 0 amide bonds. The van der Waals surface area contributed by atoms with E-state index in [1.165, 1.54) is 0 Å². The summed E-state index contributed by atoms with van der Waals surface area (Å²) in [5.74, 6) is -2.89. The van der Waals surface area contributed by atoms with Gasteiger partial charge in [0.1, 0.15) is 17.2 Å². The summed E-state index contributed by atoms with van der Waals surface area (Å²) in [6, 6.07) is 1.26.